The van der Waals surface area contributed by atoms with Crippen molar-refractivity contribution in [3.63, 3.8) is 0 Å². The number of aromatic nitrogens is 3. The number of rotatable bonds is 4. The lowest BCUT2D eigenvalue weighted by Crippen LogP contribution is -2.24. The molecule has 3 aromatic rings. The highest BCUT2D eigenvalue weighted by atomic mass is 16.5. The van der Waals surface area contributed by atoms with Crippen LogP contribution in [0.1, 0.15) is 0 Å². The molecule has 2 heterocycles. The van der Waals surface area contributed by atoms with Crippen LogP contribution in [0.5, 0.6) is 5.75 Å². The zero-order valence-corrected chi connectivity index (χ0v) is 10.8. The zero-order chi connectivity index (χ0) is 13.9. The summed E-state index contributed by atoms with van der Waals surface area (Å²) in [4.78, 5) is 12.1. The van der Waals surface area contributed by atoms with Crippen LogP contribution in [-0.2, 0) is 6.54 Å². The summed E-state index contributed by atoms with van der Waals surface area (Å²) in [5.74, 6) is 0.631. The molecule has 0 saturated carbocycles. The van der Waals surface area contributed by atoms with Crippen LogP contribution < -0.4 is 16.0 Å². The number of nitrogens with two attached hydrogens (primary N) is 1. The molecule has 0 aliphatic rings. The monoisotopic (exact) mass is 270 g/mol. The van der Waals surface area contributed by atoms with E-state index in [4.69, 9.17) is 10.5 Å². The molecule has 0 amide bonds. The van der Waals surface area contributed by atoms with Crippen molar-refractivity contribution in [1.29, 1.82) is 0 Å². The minimum atomic E-state index is -0.0883. The summed E-state index contributed by atoms with van der Waals surface area (Å²) >= 11 is 0. The van der Waals surface area contributed by atoms with Crippen molar-refractivity contribution in [3.8, 4) is 5.75 Å². The van der Waals surface area contributed by atoms with Gasteiger partial charge in [0.05, 0.1) is 18.4 Å². The molecule has 3 rings (SSSR count). The fourth-order valence-corrected chi connectivity index (χ4v) is 2.00. The van der Waals surface area contributed by atoms with E-state index in [1.54, 1.807) is 45.9 Å². The van der Waals surface area contributed by atoms with Crippen LogP contribution in [0.25, 0.3) is 5.52 Å². The second kappa shape index (κ2) is 5.08. The fraction of sp³-hybridized carbons (Fsp3) is 0.143. The number of nitrogen functional groups attached to an aromatic ring is 1. The molecule has 0 saturated heterocycles. The highest BCUT2D eigenvalue weighted by Crippen LogP contribution is 2.19. The van der Waals surface area contributed by atoms with Crippen LogP contribution >= 0.6 is 0 Å². The van der Waals surface area contributed by atoms with Crippen molar-refractivity contribution in [2.45, 2.75) is 6.54 Å². The smallest absolute Gasteiger partial charge is 0.276 e. The average molecular weight is 270 g/mol. The summed E-state index contributed by atoms with van der Waals surface area (Å²) < 4.78 is 8.73. The van der Waals surface area contributed by atoms with E-state index in [9.17, 15) is 4.79 Å². The van der Waals surface area contributed by atoms with Crippen molar-refractivity contribution in [3.05, 3.63) is 59.3 Å². The van der Waals surface area contributed by atoms with Crippen LogP contribution in [0.4, 0.5) is 5.69 Å². The van der Waals surface area contributed by atoms with Gasteiger partial charge >= 0.3 is 0 Å². The van der Waals surface area contributed by atoms with E-state index < -0.39 is 0 Å². The van der Waals surface area contributed by atoms with Gasteiger partial charge in [-0.1, -0.05) is 12.1 Å². The first-order chi connectivity index (χ1) is 9.75. The molecule has 6 nitrogen and oxygen atoms in total. The number of hydrogen-bond acceptors (Lipinski definition) is 4. The first-order valence-electron chi connectivity index (χ1n) is 6.26. The highest BCUT2D eigenvalue weighted by molar-refractivity contribution is 5.51. The Kier molecular flexibility index (Phi) is 3.12. The van der Waals surface area contributed by atoms with Crippen molar-refractivity contribution in [1.82, 2.24) is 14.2 Å². The van der Waals surface area contributed by atoms with Gasteiger partial charge in [0.2, 0.25) is 0 Å². The lowest BCUT2D eigenvalue weighted by molar-refractivity contribution is 0.298. The van der Waals surface area contributed by atoms with Gasteiger partial charge in [0.25, 0.3) is 5.56 Å². The Morgan fingerprint density at radius 1 is 1.20 bits per heavy atom. The van der Waals surface area contributed by atoms with Gasteiger partial charge in [-0.05, 0) is 18.2 Å². The Hall–Kier alpha value is -2.76. The normalized spacial score (nSPS) is 10.8. The van der Waals surface area contributed by atoms with Crippen molar-refractivity contribution in [2.75, 3.05) is 12.3 Å². The Morgan fingerprint density at radius 3 is 2.90 bits per heavy atom. The molecule has 0 atom stereocenters. The molecule has 0 fully saturated rings. The molecule has 20 heavy (non-hydrogen) atoms. The number of para-hydroxylation sites is 2. The standard InChI is InChI=1S/C14H14N4O2/c15-11-3-1-2-4-13(11)20-10-9-17-7-8-18-12(14(17)19)5-6-16-18/h1-8H,9-10,15H2. The zero-order valence-electron chi connectivity index (χ0n) is 10.8. The van der Waals surface area contributed by atoms with Crippen LogP contribution in [0, 0.1) is 0 Å². The topological polar surface area (TPSA) is 74.6 Å². The first kappa shape index (κ1) is 12.3. The number of anilines is 1. The molecule has 2 aromatic heterocycles. The van der Waals surface area contributed by atoms with E-state index in [0.29, 0.717) is 30.1 Å². The van der Waals surface area contributed by atoms with Gasteiger partial charge in [-0.25, -0.2) is 4.52 Å². The number of hydrogen-bond donors (Lipinski definition) is 1. The van der Waals surface area contributed by atoms with Gasteiger partial charge in [-0.15, -0.1) is 0 Å². The third-order valence-electron chi connectivity index (χ3n) is 3.05. The number of nitrogens with zero attached hydrogens (tertiary/aromatic N) is 3. The summed E-state index contributed by atoms with van der Waals surface area (Å²) in [6, 6.07) is 8.98. The van der Waals surface area contributed by atoms with Crippen LogP contribution in [0.3, 0.4) is 0 Å². The maximum absolute atomic E-state index is 12.1. The van der Waals surface area contributed by atoms with E-state index in [-0.39, 0.29) is 5.56 Å². The molecule has 6 heteroatoms. The largest absolute Gasteiger partial charge is 0.490 e. The van der Waals surface area contributed by atoms with Gasteiger partial charge in [-0.2, -0.15) is 5.10 Å². The molecule has 0 bridgehead atoms. The third kappa shape index (κ3) is 2.23. The molecule has 102 valence electrons. The summed E-state index contributed by atoms with van der Waals surface area (Å²) in [5, 5.41) is 4.02. The lowest BCUT2D eigenvalue weighted by Gasteiger charge is -2.10. The number of ether oxygens (including phenoxy) is 1. The lowest BCUT2D eigenvalue weighted by atomic mass is 10.3. The quantitative estimate of drug-likeness (QED) is 0.722. The van der Waals surface area contributed by atoms with Crippen molar-refractivity contribution >= 4 is 11.2 Å². The van der Waals surface area contributed by atoms with E-state index in [2.05, 4.69) is 5.10 Å². The third-order valence-corrected chi connectivity index (χ3v) is 3.05. The predicted molar refractivity (Wildman–Crippen MR) is 75.8 cm³/mol. The number of fused-ring (bicyclic) bond motifs is 1. The Bertz CT molecular complexity index is 791. The van der Waals surface area contributed by atoms with E-state index >= 15 is 0 Å². The predicted octanol–water partition coefficient (Wildman–Crippen LogP) is 1.16. The van der Waals surface area contributed by atoms with E-state index in [1.165, 1.54) is 0 Å². The summed E-state index contributed by atoms with van der Waals surface area (Å²) in [6.45, 7) is 0.827. The molecule has 0 spiro atoms. The van der Waals surface area contributed by atoms with Crippen LogP contribution in [0.15, 0.2) is 53.7 Å². The second-order valence-corrected chi connectivity index (χ2v) is 4.34. The van der Waals surface area contributed by atoms with Gasteiger partial charge in [0, 0.05) is 12.4 Å². The van der Waals surface area contributed by atoms with Crippen molar-refractivity contribution in [2.24, 2.45) is 0 Å². The van der Waals surface area contributed by atoms with Crippen LogP contribution in [0.2, 0.25) is 0 Å². The Labute approximate surface area is 115 Å². The minimum Gasteiger partial charge on any atom is -0.490 e. The second-order valence-electron chi connectivity index (χ2n) is 4.34. The van der Waals surface area contributed by atoms with E-state index in [0.717, 1.165) is 0 Å². The maximum atomic E-state index is 12.1. The van der Waals surface area contributed by atoms with Gasteiger partial charge in [0.15, 0.2) is 0 Å². The average Bonchev–Trinajstić information content (AvgIpc) is 2.93. The molecule has 0 radical (unpaired) electrons. The Balaban J connectivity index is 1.73. The van der Waals surface area contributed by atoms with Gasteiger partial charge in [0.1, 0.15) is 17.9 Å². The van der Waals surface area contributed by atoms with E-state index in [1.807, 2.05) is 12.1 Å². The molecule has 0 unspecified atom stereocenters. The maximum Gasteiger partial charge on any atom is 0.276 e. The van der Waals surface area contributed by atoms with Gasteiger partial charge < -0.3 is 15.0 Å². The molecular weight excluding hydrogens is 256 g/mol. The fourth-order valence-electron chi connectivity index (χ4n) is 2.00. The Morgan fingerprint density at radius 2 is 2.05 bits per heavy atom. The summed E-state index contributed by atoms with van der Waals surface area (Å²) in [5.41, 5.74) is 6.83. The molecule has 0 aliphatic heterocycles. The minimum absolute atomic E-state index is 0.0883. The summed E-state index contributed by atoms with van der Waals surface area (Å²) in [6.07, 6.45) is 5.04. The molecule has 1 aromatic carbocycles. The van der Waals surface area contributed by atoms with Crippen molar-refractivity contribution < 1.29 is 4.74 Å². The molecule has 0 aliphatic carbocycles. The number of benzene rings is 1. The first-order valence-corrected chi connectivity index (χ1v) is 6.26. The summed E-state index contributed by atoms with van der Waals surface area (Å²) in [7, 11) is 0. The molecule has 2 N–H and O–H groups in total. The van der Waals surface area contributed by atoms with Gasteiger partial charge in [-0.3, -0.25) is 4.79 Å². The van der Waals surface area contributed by atoms with Crippen LogP contribution in [-0.4, -0.2) is 20.8 Å². The SMILES string of the molecule is Nc1ccccc1OCCn1ccn2nccc2c1=O. The molecular formula is C14H14N4O2. The highest BCUT2D eigenvalue weighted by Gasteiger charge is 2.04.